The molecule has 0 aliphatic carbocycles. The summed E-state index contributed by atoms with van der Waals surface area (Å²) in [5.41, 5.74) is 1.37. The summed E-state index contributed by atoms with van der Waals surface area (Å²) in [6.45, 7) is 6.21. The average molecular weight is 393 g/mol. The van der Waals surface area contributed by atoms with Gasteiger partial charge in [-0.05, 0) is 49.8 Å². The van der Waals surface area contributed by atoms with E-state index >= 15 is 0 Å². The molecule has 0 amide bonds. The average Bonchev–Trinajstić information content (AvgIpc) is 3.21. The highest BCUT2D eigenvalue weighted by Gasteiger charge is 2.32. The summed E-state index contributed by atoms with van der Waals surface area (Å²) in [5, 5.41) is 8.26. The van der Waals surface area contributed by atoms with Gasteiger partial charge in [0.2, 0.25) is 0 Å². The molecule has 0 unspecified atom stereocenters. The predicted molar refractivity (Wildman–Crippen MR) is 105 cm³/mol. The normalized spacial score (nSPS) is 26.2. The Bertz CT molecular complexity index is 978. The molecule has 0 spiro atoms. The van der Waals surface area contributed by atoms with Crippen LogP contribution in [0, 0.1) is 11.8 Å². The van der Waals surface area contributed by atoms with Crippen LogP contribution in [0.5, 0.6) is 0 Å². The summed E-state index contributed by atoms with van der Waals surface area (Å²) < 4.78 is 25.3. The number of aromatic nitrogens is 3. The Morgan fingerprint density at radius 1 is 1.22 bits per heavy atom. The van der Waals surface area contributed by atoms with Crippen molar-refractivity contribution >= 4 is 15.4 Å². The van der Waals surface area contributed by atoms with Crippen LogP contribution < -0.4 is 10.9 Å². The van der Waals surface area contributed by atoms with Gasteiger partial charge in [-0.15, -0.1) is 0 Å². The fraction of sp³-hybridized carbons (Fsp3) is 0.684. The van der Waals surface area contributed by atoms with Crippen LogP contribution in [0.25, 0.3) is 5.52 Å². The quantitative estimate of drug-likeness (QED) is 0.825. The molecule has 2 aromatic rings. The Balaban J connectivity index is 1.69. The van der Waals surface area contributed by atoms with Gasteiger partial charge in [-0.2, -0.15) is 5.10 Å². The van der Waals surface area contributed by atoms with Gasteiger partial charge in [0.1, 0.15) is 21.2 Å². The topological polar surface area (TPSA) is 96.3 Å². The van der Waals surface area contributed by atoms with E-state index in [1.165, 1.54) is 0 Å². The third-order valence-corrected chi connectivity index (χ3v) is 7.72. The lowest BCUT2D eigenvalue weighted by atomic mass is 9.88. The summed E-state index contributed by atoms with van der Waals surface area (Å²) >= 11 is 0. The maximum absolute atomic E-state index is 12.7. The number of sulfone groups is 1. The molecule has 0 bridgehead atoms. The third-order valence-electron chi connectivity index (χ3n) is 6.00. The van der Waals surface area contributed by atoms with Gasteiger partial charge in [-0.3, -0.25) is 4.79 Å². The molecule has 4 rings (SSSR count). The molecule has 148 valence electrons. The van der Waals surface area contributed by atoms with E-state index in [1.54, 1.807) is 10.6 Å². The summed E-state index contributed by atoms with van der Waals surface area (Å²) in [6, 6.07) is 3.73. The first-order valence-electron chi connectivity index (χ1n) is 9.87. The number of aromatic amines is 1. The van der Waals surface area contributed by atoms with Gasteiger partial charge in [0, 0.05) is 24.1 Å². The molecule has 2 aliphatic heterocycles. The Kier molecular flexibility index (Phi) is 4.88. The number of nitrogens with zero attached hydrogens (tertiary/aromatic N) is 2. The molecular formula is C19H28N4O3S. The SMILES string of the molecule is CC(C)C[C@@H]1CNC[C@H]1c1nn2c(C3CCS(=O)(=O)CC3)ccc2c(=O)[nH]1. The van der Waals surface area contributed by atoms with Crippen LogP contribution in [0.4, 0.5) is 0 Å². The van der Waals surface area contributed by atoms with E-state index in [-0.39, 0.29) is 28.9 Å². The van der Waals surface area contributed by atoms with Crippen LogP contribution in [0.1, 0.15) is 56.5 Å². The van der Waals surface area contributed by atoms with Crippen LogP contribution in [-0.2, 0) is 9.84 Å². The van der Waals surface area contributed by atoms with Crippen LogP contribution in [0.15, 0.2) is 16.9 Å². The molecule has 0 radical (unpaired) electrons. The number of H-pyrrole nitrogens is 1. The van der Waals surface area contributed by atoms with E-state index in [2.05, 4.69) is 24.1 Å². The van der Waals surface area contributed by atoms with Crippen molar-refractivity contribution in [1.82, 2.24) is 19.9 Å². The monoisotopic (exact) mass is 392 g/mol. The highest BCUT2D eigenvalue weighted by molar-refractivity contribution is 7.91. The summed E-state index contributed by atoms with van der Waals surface area (Å²) in [7, 11) is -2.91. The second kappa shape index (κ2) is 7.05. The minimum absolute atomic E-state index is 0.120. The molecule has 2 aliphatic rings. The van der Waals surface area contributed by atoms with Gasteiger partial charge < -0.3 is 10.3 Å². The van der Waals surface area contributed by atoms with Gasteiger partial charge in [-0.25, -0.2) is 12.9 Å². The number of nitrogens with one attached hydrogen (secondary N) is 2. The van der Waals surface area contributed by atoms with E-state index < -0.39 is 9.84 Å². The van der Waals surface area contributed by atoms with E-state index in [1.807, 2.05) is 6.07 Å². The molecule has 2 saturated heterocycles. The fourth-order valence-electron chi connectivity index (χ4n) is 4.61. The zero-order valence-corrected chi connectivity index (χ0v) is 16.8. The van der Waals surface area contributed by atoms with E-state index in [0.717, 1.165) is 31.0 Å². The first-order valence-corrected chi connectivity index (χ1v) is 11.7. The van der Waals surface area contributed by atoms with Crippen molar-refractivity contribution in [2.45, 2.75) is 44.9 Å². The number of fused-ring (bicyclic) bond motifs is 1. The smallest absolute Gasteiger partial charge is 0.275 e. The van der Waals surface area contributed by atoms with Crippen LogP contribution in [0.2, 0.25) is 0 Å². The molecule has 27 heavy (non-hydrogen) atoms. The third kappa shape index (κ3) is 3.69. The van der Waals surface area contributed by atoms with Crippen LogP contribution in [0.3, 0.4) is 0 Å². The van der Waals surface area contributed by atoms with Gasteiger partial charge >= 0.3 is 0 Å². The van der Waals surface area contributed by atoms with E-state index in [4.69, 9.17) is 5.10 Å². The second-order valence-electron chi connectivity index (χ2n) is 8.48. The van der Waals surface area contributed by atoms with Gasteiger partial charge in [0.05, 0.1) is 11.5 Å². The summed E-state index contributed by atoms with van der Waals surface area (Å²) in [5.74, 6) is 2.55. The lowest BCUT2D eigenvalue weighted by Crippen LogP contribution is -2.26. The van der Waals surface area contributed by atoms with Crippen molar-refractivity contribution in [3.8, 4) is 0 Å². The minimum Gasteiger partial charge on any atom is -0.316 e. The zero-order valence-electron chi connectivity index (χ0n) is 15.9. The van der Waals surface area contributed by atoms with Crippen molar-refractivity contribution in [3.05, 3.63) is 34.0 Å². The van der Waals surface area contributed by atoms with Crippen LogP contribution in [-0.4, -0.2) is 47.6 Å². The molecular weight excluding hydrogens is 364 g/mol. The zero-order chi connectivity index (χ0) is 19.2. The molecule has 7 nitrogen and oxygen atoms in total. The maximum Gasteiger partial charge on any atom is 0.275 e. The Hall–Kier alpha value is -1.67. The molecule has 2 N–H and O–H groups in total. The first kappa shape index (κ1) is 18.7. The number of hydrogen-bond acceptors (Lipinski definition) is 5. The summed E-state index contributed by atoms with van der Waals surface area (Å²) in [6.07, 6.45) is 2.29. The largest absolute Gasteiger partial charge is 0.316 e. The molecule has 0 saturated carbocycles. The molecule has 2 aromatic heterocycles. The number of hydrogen-bond donors (Lipinski definition) is 2. The molecule has 8 heteroatoms. The van der Waals surface area contributed by atoms with Crippen LogP contribution >= 0.6 is 0 Å². The highest BCUT2D eigenvalue weighted by Crippen LogP contribution is 2.32. The molecule has 0 aromatic carbocycles. The Labute approximate surface area is 159 Å². The Morgan fingerprint density at radius 3 is 2.67 bits per heavy atom. The standard InChI is InChI=1S/C19H28N4O3S/c1-12(2)9-14-10-20-11-15(14)18-21-19(24)17-4-3-16(23(17)22-18)13-5-7-27(25,26)8-6-13/h3-4,12-15,20H,5-11H2,1-2H3,(H,21,22,24)/t14-,15-/m1/s1. The minimum atomic E-state index is -2.91. The summed E-state index contributed by atoms with van der Waals surface area (Å²) in [4.78, 5) is 15.7. The lowest BCUT2D eigenvalue weighted by molar-refractivity contribution is 0.393. The van der Waals surface area contributed by atoms with Gasteiger partial charge in [0.15, 0.2) is 0 Å². The second-order valence-corrected chi connectivity index (χ2v) is 10.8. The first-order chi connectivity index (χ1) is 12.8. The van der Waals surface area contributed by atoms with Gasteiger partial charge in [0.25, 0.3) is 5.56 Å². The van der Waals surface area contributed by atoms with Crippen molar-refractivity contribution in [1.29, 1.82) is 0 Å². The lowest BCUT2D eigenvalue weighted by Gasteiger charge is -2.22. The predicted octanol–water partition coefficient (Wildman–Crippen LogP) is 1.66. The Morgan fingerprint density at radius 2 is 1.96 bits per heavy atom. The highest BCUT2D eigenvalue weighted by atomic mass is 32.2. The van der Waals surface area contributed by atoms with E-state index in [0.29, 0.717) is 30.2 Å². The maximum atomic E-state index is 12.7. The van der Waals surface area contributed by atoms with Crippen molar-refractivity contribution in [2.24, 2.45) is 11.8 Å². The molecule has 2 fully saturated rings. The number of rotatable bonds is 4. The molecule has 4 heterocycles. The fourth-order valence-corrected chi connectivity index (χ4v) is 6.10. The van der Waals surface area contributed by atoms with Gasteiger partial charge in [-0.1, -0.05) is 13.8 Å². The molecule has 2 atom stereocenters. The van der Waals surface area contributed by atoms with Crippen molar-refractivity contribution in [3.63, 3.8) is 0 Å². The van der Waals surface area contributed by atoms with Crippen molar-refractivity contribution < 1.29 is 8.42 Å². The van der Waals surface area contributed by atoms with Crippen molar-refractivity contribution in [2.75, 3.05) is 24.6 Å². The van der Waals surface area contributed by atoms with E-state index in [9.17, 15) is 13.2 Å².